The van der Waals surface area contributed by atoms with Crippen LogP contribution in [0.1, 0.15) is 12.6 Å². The van der Waals surface area contributed by atoms with Crippen molar-refractivity contribution in [1.82, 2.24) is 4.98 Å². The molecule has 8 heteroatoms. The molecule has 0 spiro atoms. The number of methoxy groups -OCH3 is 1. The summed E-state index contributed by atoms with van der Waals surface area (Å²) >= 11 is 13.5. The monoisotopic (exact) mass is 422 g/mol. The highest BCUT2D eigenvalue weighted by molar-refractivity contribution is 7.14. The third-order valence-electron chi connectivity index (χ3n) is 3.66. The number of para-hydroxylation sites is 2. The minimum atomic E-state index is -0.167. The van der Waals surface area contributed by atoms with Crippen molar-refractivity contribution in [2.75, 3.05) is 12.0 Å². The fourth-order valence-electron chi connectivity index (χ4n) is 2.43. The maximum Gasteiger partial charge on any atom is 0.230 e. The Bertz CT molecular complexity index is 962. The molecular weight excluding hydrogens is 407 g/mol. The highest BCUT2D eigenvalue weighted by Gasteiger charge is 2.21. The molecule has 2 aromatic carbocycles. The second kappa shape index (κ2) is 8.61. The van der Waals surface area contributed by atoms with Crippen molar-refractivity contribution < 1.29 is 14.3 Å². The second-order valence-electron chi connectivity index (χ2n) is 5.49. The topological polar surface area (TPSA) is 51.7 Å². The summed E-state index contributed by atoms with van der Waals surface area (Å²) in [5.41, 5.74) is 1.30. The van der Waals surface area contributed by atoms with Gasteiger partial charge in [-0.05, 0) is 24.3 Å². The van der Waals surface area contributed by atoms with Crippen LogP contribution in [-0.2, 0) is 11.4 Å². The second-order valence-corrected chi connectivity index (χ2v) is 7.11. The molecule has 3 rings (SSSR count). The lowest BCUT2D eigenvalue weighted by molar-refractivity contribution is -0.115. The van der Waals surface area contributed by atoms with E-state index in [-0.39, 0.29) is 12.5 Å². The van der Waals surface area contributed by atoms with E-state index >= 15 is 0 Å². The van der Waals surface area contributed by atoms with Crippen LogP contribution in [0.25, 0.3) is 0 Å². The molecule has 0 N–H and O–H groups in total. The van der Waals surface area contributed by atoms with Gasteiger partial charge in [0, 0.05) is 12.3 Å². The summed E-state index contributed by atoms with van der Waals surface area (Å²) in [5.74, 6) is 0.900. The normalized spacial score (nSPS) is 10.5. The lowest BCUT2D eigenvalue weighted by Crippen LogP contribution is -2.23. The number of anilines is 2. The summed E-state index contributed by atoms with van der Waals surface area (Å²) in [5, 5.41) is 3.14. The van der Waals surface area contributed by atoms with E-state index in [9.17, 15) is 4.79 Å². The molecule has 0 aliphatic rings. The van der Waals surface area contributed by atoms with Gasteiger partial charge < -0.3 is 9.47 Å². The van der Waals surface area contributed by atoms with Crippen LogP contribution in [0, 0.1) is 0 Å². The number of aromatic nitrogens is 1. The highest BCUT2D eigenvalue weighted by Crippen LogP contribution is 2.36. The van der Waals surface area contributed by atoms with Crippen molar-refractivity contribution in [3.63, 3.8) is 0 Å². The first-order valence-electron chi connectivity index (χ1n) is 7.96. The van der Waals surface area contributed by atoms with E-state index in [2.05, 4.69) is 4.98 Å². The van der Waals surface area contributed by atoms with E-state index in [1.807, 2.05) is 23.6 Å². The lowest BCUT2D eigenvalue weighted by Gasteiger charge is -2.20. The minimum absolute atomic E-state index is 0.167. The first kappa shape index (κ1) is 19.5. The Morgan fingerprint density at radius 3 is 2.63 bits per heavy atom. The van der Waals surface area contributed by atoms with Crippen molar-refractivity contribution in [1.29, 1.82) is 0 Å². The number of amides is 1. The molecule has 1 aromatic heterocycles. The molecule has 0 saturated carbocycles. The molecule has 140 valence electrons. The zero-order valence-corrected chi connectivity index (χ0v) is 16.9. The maximum absolute atomic E-state index is 12.3. The van der Waals surface area contributed by atoms with Gasteiger partial charge in [-0.2, -0.15) is 0 Å². The number of carbonyl (C=O) groups excluding carboxylic acids is 1. The molecule has 27 heavy (non-hydrogen) atoms. The van der Waals surface area contributed by atoms with Crippen LogP contribution in [0.15, 0.2) is 47.8 Å². The van der Waals surface area contributed by atoms with Crippen LogP contribution in [0.5, 0.6) is 11.5 Å². The summed E-state index contributed by atoms with van der Waals surface area (Å²) in [6, 6.07) is 12.5. The van der Waals surface area contributed by atoms with E-state index in [4.69, 9.17) is 32.7 Å². The van der Waals surface area contributed by atoms with Gasteiger partial charge >= 0.3 is 0 Å². The third-order valence-corrected chi connectivity index (χ3v) is 5.34. The molecule has 0 saturated heterocycles. The average Bonchev–Trinajstić information content (AvgIpc) is 3.11. The fourth-order valence-corrected chi connectivity index (χ4v) is 3.65. The smallest absolute Gasteiger partial charge is 0.230 e. The molecular formula is C19H16Cl2N2O3S. The van der Waals surface area contributed by atoms with Crippen molar-refractivity contribution in [3.05, 3.63) is 63.6 Å². The summed E-state index contributed by atoms with van der Waals surface area (Å²) in [6.07, 6.45) is 0. The molecule has 0 radical (unpaired) electrons. The van der Waals surface area contributed by atoms with Gasteiger partial charge in [-0.3, -0.25) is 9.69 Å². The predicted octanol–water partition coefficient (Wildman–Crippen LogP) is 5.72. The van der Waals surface area contributed by atoms with Crippen molar-refractivity contribution in [2.45, 2.75) is 13.5 Å². The van der Waals surface area contributed by atoms with Crippen LogP contribution >= 0.6 is 34.5 Å². The van der Waals surface area contributed by atoms with Crippen LogP contribution in [0.3, 0.4) is 0 Å². The molecule has 1 heterocycles. The van der Waals surface area contributed by atoms with E-state index in [1.165, 1.54) is 23.2 Å². The molecule has 5 nitrogen and oxygen atoms in total. The van der Waals surface area contributed by atoms with Gasteiger partial charge in [0.05, 0.1) is 23.5 Å². The maximum atomic E-state index is 12.3. The molecule has 0 aliphatic carbocycles. The van der Waals surface area contributed by atoms with E-state index < -0.39 is 0 Å². The number of ether oxygens (including phenoxy) is 2. The van der Waals surface area contributed by atoms with Crippen molar-refractivity contribution >= 4 is 51.3 Å². The Morgan fingerprint density at radius 2 is 1.89 bits per heavy atom. The van der Waals surface area contributed by atoms with Crippen molar-refractivity contribution in [2.24, 2.45) is 0 Å². The first-order valence-corrected chi connectivity index (χ1v) is 9.59. The van der Waals surface area contributed by atoms with Gasteiger partial charge in [0.1, 0.15) is 23.1 Å². The molecule has 1 amide bonds. The minimum Gasteiger partial charge on any atom is -0.495 e. The summed E-state index contributed by atoms with van der Waals surface area (Å²) in [4.78, 5) is 18.3. The van der Waals surface area contributed by atoms with Gasteiger partial charge in [-0.15, -0.1) is 11.3 Å². The molecule has 0 aliphatic heterocycles. The summed E-state index contributed by atoms with van der Waals surface area (Å²) in [6.45, 7) is 1.68. The molecule has 0 bridgehead atoms. The third kappa shape index (κ3) is 4.35. The molecule has 3 aromatic rings. The standard InChI is InChI=1S/C19H16Cl2N2O3S/c1-12(24)23(15-7-3-4-8-16(15)25-2)19-22-13(11-27-19)10-26-17-9-5-6-14(20)18(17)21/h3-9,11H,10H2,1-2H3. The summed E-state index contributed by atoms with van der Waals surface area (Å²) < 4.78 is 11.1. The Labute approximate surface area is 171 Å². The Kier molecular flexibility index (Phi) is 6.21. The largest absolute Gasteiger partial charge is 0.495 e. The zero-order valence-electron chi connectivity index (χ0n) is 14.6. The number of hydrogen-bond acceptors (Lipinski definition) is 5. The number of thiazole rings is 1. The summed E-state index contributed by atoms with van der Waals surface area (Å²) in [7, 11) is 1.56. The van der Waals surface area contributed by atoms with E-state index in [0.29, 0.717) is 38.1 Å². The highest BCUT2D eigenvalue weighted by atomic mass is 35.5. The van der Waals surface area contributed by atoms with Crippen LogP contribution < -0.4 is 14.4 Å². The number of halogens is 2. The quantitative estimate of drug-likeness (QED) is 0.509. The van der Waals surface area contributed by atoms with Gasteiger partial charge in [-0.1, -0.05) is 41.4 Å². The molecule has 0 unspecified atom stereocenters. The molecule has 0 atom stereocenters. The fraction of sp³-hybridized carbons (Fsp3) is 0.158. The van der Waals surface area contributed by atoms with Crippen LogP contribution in [-0.4, -0.2) is 18.0 Å². The number of nitrogens with zero attached hydrogens (tertiary/aromatic N) is 2. The van der Waals surface area contributed by atoms with Crippen LogP contribution in [0.2, 0.25) is 10.0 Å². The van der Waals surface area contributed by atoms with E-state index in [1.54, 1.807) is 31.4 Å². The first-order chi connectivity index (χ1) is 13.0. The van der Waals surface area contributed by atoms with Gasteiger partial charge in [0.25, 0.3) is 0 Å². The van der Waals surface area contributed by atoms with Crippen molar-refractivity contribution in [3.8, 4) is 11.5 Å². The number of rotatable bonds is 6. The lowest BCUT2D eigenvalue weighted by atomic mass is 10.2. The van der Waals surface area contributed by atoms with E-state index in [0.717, 1.165) is 0 Å². The SMILES string of the molecule is COc1ccccc1N(C(C)=O)c1nc(COc2cccc(Cl)c2Cl)cs1. The number of hydrogen-bond donors (Lipinski definition) is 0. The number of benzene rings is 2. The van der Waals surface area contributed by atoms with Crippen LogP contribution in [0.4, 0.5) is 10.8 Å². The molecule has 0 fully saturated rings. The predicted molar refractivity (Wildman–Crippen MR) is 109 cm³/mol. The van der Waals surface area contributed by atoms with Gasteiger partial charge in [0.15, 0.2) is 5.13 Å². The Balaban J connectivity index is 1.82. The Morgan fingerprint density at radius 1 is 1.15 bits per heavy atom. The van der Waals surface area contributed by atoms with Gasteiger partial charge in [-0.25, -0.2) is 4.98 Å². The zero-order chi connectivity index (χ0) is 19.4. The number of carbonyl (C=O) groups is 1. The van der Waals surface area contributed by atoms with Gasteiger partial charge in [0.2, 0.25) is 5.91 Å². The Hall–Kier alpha value is -2.28. The average molecular weight is 423 g/mol.